The molecule has 0 aromatic heterocycles. The van der Waals surface area contributed by atoms with Gasteiger partial charge in [-0.2, -0.15) is 0 Å². The fourth-order valence-corrected chi connectivity index (χ4v) is 4.38. The number of ether oxygens (including phenoxy) is 2. The molecule has 1 heterocycles. The number of anilines is 2. The molecule has 0 saturated carbocycles. The van der Waals surface area contributed by atoms with Crippen LogP contribution in [-0.4, -0.2) is 43.6 Å². The summed E-state index contributed by atoms with van der Waals surface area (Å²) in [6.45, 7) is 6.21. The number of hydrogen-bond acceptors (Lipinski definition) is 6. The molecule has 192 valence electrons. The second-order valence-electron chi connectivity index (χ2n) is 9.28. The van der Waals surface area contributed by atoms with E-state index in [1.54, 1.807) is 48.5 Å². The number of amides is 1. The van der Waals surface area contributed by atoms with Gasteiger partial charge in [0.25, 0.3) is 11.7 Å². The third-order valence-electron chi connectivity index (χ3n) is 6.07. The number of aliphatic hydroxyl groups excluding tert-OH is 1. The monoisotopic (exact) mass is 500 g/mol. The van der Waals surface area contributed by atoms with E-state index in [1.165, 1.54) is 4.90 Å². The quantitative estimate of drug-likeness (QED) is 0.248. The number of carbonyl (C=O) groups is 2. The van der Waals surface area contributed by atoms with Crippen molar-refractivity contribution < 1.29 is 24.2 Å². The number of aliphatic hydroxyl groups is 1. The summed E-state index contributed by atoms with van der Waals surface area (Å²) in [4.78, 5) is 30.2. The molecule has 1 saturated heterocycles. The van der Waals surface area contributed by atoms with Gasteiger partial charge in [-0.3, -0.25) is 14.5 Å². The first-order chi connectivity index (χ1) is 17.7. The van der Waals surface area contributed by atoms with Gasteiger partial charge < -0.3 is 19.5 Å². The molecule has 4 rings (SSSR count). The van der Waals surface area contributed by atoms with Crippen LogP contribution in [0.25, 0.3) is 5.76 Å². The van der Waals surface area contributed by atoms with Gasteiger partial charge >= 0.3 is 0 Å². The molecule has 3 aromatic carbocycles. The summed E-state index contributed by atoms with van der Waals surface area (Å²) in [6, 6.07) is 20.7. The molecule has 1 fully saturated rings. The molecule has 1 unspecified atom stereocenters. The summed E-state index contributed by atoms with van der Waals surface area (Å²) >= 11 is 0. The van der Waals surface area contributed by atoms with Gasteiger partial charge in [-0.05, 0) is 74.9 Å². The van der Waals surface area contributed by atoms with Crippen molar-refractivity contribution in [1.82, 2.24) is 0 Å². The van der Waals surface area contributed by atoms with Crippen LogP contribution in [-0.2, 0) is 9.59 Å². The van der Waals surface area contributed by atoms with Gasteiger partial charge in [-0.15, -0.1) is 0 Å². The summed E-state index contributed by atoms with van der Waals surface area (Å²) in [5.41, 5.74) is 2.61. The summed E-state index contributed by atoms with van der Waals surface area (Å²) in [7, 11) is 3.86. The first-order valence-electron chi connectivity index (χ1n) is 12.3. The molecular weight excluding hydrogens is 468 g/mol. The number of benzene rings is 3. The summed E-state index contributed by atoms with van der Waals surface area (Å²) in [6.07, 6.45) is 0.00399. The standard InChI is InChI=1S/C30H32N2O5/c1-6-36-25-9-7-8-21(18-25)28(33)26-27(20-10-16-24(17-11-20)37-19(2)3)32(30(35)29(26)34)23-14-12-22(13-15-23)31(4)5/h7-19,27,33H,6H2,1-5H3/b28-26+. The Balaban J connectivity index is 1.86. The second kappa shape index (κ2) is 10.8. The third kappa shape index (κ3) is 5.31. The van der Waals surface area contributed by atoms with Gasteiger partial charge in [-0.1, -0.05) is 24.3 Å². The molecule has 3 aromatic rings. The van der Waals surface area contributed by atoms with Crippen molar-refractivity contribution in [1.29, 1.82) is 0 Å². The van der Waals surface area contributed by atoms with E-state index in [-0.39, 0.29) is 17.4 Å². The van der Waals surface area contributed by atoms with Crippen molar-refractivity contribution in [2.45, 2.75) is 32.9 Å². The maximum atomic E-state index is 13.4. The Kier molecular flexibility index (Phi) is 7.53. The SMILES string of the molecule is CCOc1cccc(/C(O)=C2\C(=O)C(=O)N(c3ccc(N(C)C)cc3)C2c2ccc(OC(C)C)cc2)c1. The predicted molar refractivity (Wildman–Crippen MR) is 145 cm³/mol. The van der Waals surface area contributed by atoms with E-state index >= 15 is 0 Å². The van der Waals surface area contributed by atoms with Crippen LogP contribution in [0, 0.1) is 0 Å². The highest BCUT2D eigenvalue weighted by molar-refractivity contribution is 6.51. The van der Waals surface area contributed by atoms with E-state index < -0.39 is 17.7 Å². The fourth-order valence-electron chi connectivity index (χ4n) is 4.38. The molecule has 7 heteroatoms. The zero-order valence-electron chi connectivity index (χ0n) is 21.8. The Morgan fingerprint density at radius 2 is 1.65 bits per heavy atom. The van der Waals surface area contributed by atoms with Crippen LogP contribution in [0.1, 0.15) is 37.9 Å². The molecule has 0 aliphatic carbocycles. The van der Waals surface area contributed by atoms with Gasteiger partial charge in [0.05, 0.1) is 24.3 Å². The van der Waals surface area contributed by atoms with Crippen molar-refractivity contribution in [3.63, 3.8) is 0 Å². The number of hydrogen-bond donors (Lipinski definition) is 1. The Morgan fingerprint density at radius 1 is 0.973 bits per heavy atom. The first-order valence-corrected chi connectivity index (χ1v) is 12.3. The minimum absolute atomic E-state index is 0.00399. The van der Waals surface area contributed by atoms with E-state index in [0.717, 1.165) is 5.69 Å². The van der Waals surface area contributed by atoms with Crippen LogP contribution < -0.4 is 19.3 Å². The van der Waals surface area contributed by atoms with Crippen LogP contribution in [0.5, 0.6) is 11.5 Å². The summed E-state index contributed by atoms with van der Waals surface area (Å²) in [5.74, 6) is -0.460. The molecule has 1 aliphatic heterocycles. The number of Topliss-reactive ketones (excluding diaryl/α,β-unsaturated/α-hetero) is 1. The third-order valence-corrected chi connectivity index (χ3v) is 6.07. The summed E-state index contributed by atoms with van der Waals surface area (Å²) < 4.78 is 11.3. The number of nitrogens with zero attached hydrogens (tertiary/aromatic N) is 2. The molecule has 0 bridgehead atoms. The number of carbonyl (C=O) groups excluding carboxylic acids is 2. The van der Waals surface area contributed by atoms with Gasteiger partial charge in [0.1, 0.15) is 17.3 Å². The highest BCUT2D eigenvalue weighted by Crippen LogP contribution is 2.43. The van der Waals surface area contributed by atoms with Crippen molar-refractivity contribution in [3.05, 3.63) is 89.5 Å². The van der Waals surface area contributed by atoms with E-state index in [9.17, 15) is 14.7 Å². The topological polar surface area (TPSA) is 79.3 Å². The van der Waals surface area contributed by atoms with Crippen molar-refractivity contribution >= 4 is 28.8 Å². The summed E-state index contributed by atoms with van der Waals surface area (Å²) in [5, 5.41) is 11.4. The van der Waals surface area contributed by atoms with Crippen LogP contribution in [0.3, 0.4) is 0 Å². The van der Waals surface area contributed by atoms with E-state index in [2.05, 4.69) is 0 Å². The Morgan fingerprint density at radius 3 is 2.24 bits per heavy atom. The molecule has 1 amide bonds. The smallest absolute Gasteiger partial charge is 0.300 e. The molecular formula is C30H32N2O5. The van der Waals surface area contributed by atoms with Crippen LogP contribution in [0.4, 0.5) is 11.4 Å². The molecule has 7 nitrogen and oxygen atoms in total. The number of rotatable bonds is 8. The van der Waals surface area contributed by atoms with Crippen molar-refractivity contribution in [2.75, 3.05) is 30.5 Å². The minimum Gasteiger partial charge on any atom is -0.507 e. The van der Waals surface area contributed by atoms with Gasteiger partial charge in [-0.25, -0.2) is 0 Å². The molecule has 1 atom stereocenters. The van der Waals surface area contributed by atoms with Crippen molar-refractivity contribution in [2.24, 2.45) is 0 Å². The molecule has 37 heavy (non-hydrogen) atoms. The molecule has 1 aliphatic rings. The predicted octanol–water partition coefficient (Wildman–Crippen LogP) is 5.56. The normalized spacial score (nSPS) is 16.8. The lowest BCUT2D eigenvalue weighted by Gasteiger charge is -2.26. The maximum absolute atomic E-state index is 13.4. The Labute approximate surface area is 217 Å². The fraction of sp³-hybridized carbons (Fsp3) is 0.267. The minimum atomic E-state index is -0.825. The van der Waals surface area contributed by atoms with Gasteiger partial charge in [0.15, 0.2) is 0 Å². The average Bonchev–Trinajstić information content (AvgIpc) is 3.14. The lowest BCUT2D eigenvalue weighted by atomic mass is 9.95. The number of ketones is 1. The molecule has 0 spiro atoms. The lowest BCUT2D eigenvalue weighted by molar-refractivity contribution is -0.132. The second-order valence-corrected chi connectivity index (χ2v) is 9.28. The van der Waals surface area contributed by atoms with E-state index in [4.69, 9.17) is 9.47 Å². The zero-order chi connectivity index (χ0) is 26.7. The van der Waals surface area contributed by atoms with Crippen LogP contribution >= 0.6 is 0 Å². The lowest BCUT2D eigenvalue weighted by Crippen LogP contribution is -2.29. The molecule has 0 radical (unpaired) electrons. The first kappa shape index (κ1) is 25.8. The maximum Gasteiger partial charge on any atom is 0.300 e. The Bertz CT molecular complexity index is 1310. The molecule has 1 N–H and O–H groups in total. The van der Waals surface area contributed by atoms with Crippen LogP contribution in [0.2, 0.25) is 0 Å². The van der Waals surface area contributed by atoms with E-state index in [0.29, 0.717) is 34.9 Å². The largest absolute Gasteiger partial charge is 0.507 e. The van der Waals surface area contributed by atoms with Gasteiger partial charge in [0.2, 0.25) is 0 Å². The van der Waals surface area contributed by atoms with E-state index in [1.807, 2.05) is 64.0 Å². The van der Waals surface area contributed by atoms with Gasteiger partial charge in [0, 0.05) is 31.0 Å². The Hall–Kier alpha value is -4.26. The average molecular weight is 501 g/mol. The highest BCUT2D eigenvalue weighted by Gasteiger charge is 2.47. The van der Waals surface area contributed by atoms with Crippen LogP contribution in [0.15, 0.2) is 78.4 Å². The zero-order valence-corrected chi connectivity index (χ0v) is 21.8. The van der Waals surface area contributed by atoms with Crippen molar-refractivity contribution in [3.8, 4) is 11.5 Å². The highest BCUT2D eigenvalue weighted by atomic mass is 16.5.